The van der Waals surface area contributed by atoms with Gasteiger partial charge in [-0.05, 0) is 35.0 Å². The van der Waals surface area contributed by atoms with Crippen LogP contribution >= 0.6 is 46.4 Å². The van der Waals surface area contributed by atoms with Crippen LogP contribution in [0.2, 0.25) is 20.1 Å². The Morgan fingerprint density at radius 2 is 0.778 bits per heavy atom. The molecule has 0 amide bonds. The summed E-state index contributed by atoms with van der Waals surface area (Å²) in [4.78, 5) is 38.8. The van der Waals surface area contributed by atoms with Crippen molar-refractivity contribution in [2.24, 2.45) is 0 Å². The van der Waals surface area contributed by atoms with Crippen molar-refractivity contribution in [2.75, 3.05) is 0 Å². The first-order valence-electron chi connectivity index (χ1n) is 13.3. The van der Waals surface area contributed by atoms with Crippen molar-refractivity contribution in [3.8, 4) is 45.6 Å². The Morgan fingerprint density at radius 3 is 1.22 bits per heavy atom. The molecule has 0 aliphatic carbocycles. The predicted octanol–water partition coefficient (Wildman–Crippen LogP) is 8.74. The minimum Gasteiger partial charge on any atom is -0.357 e. The van der Waals surface area contributed by atoms with Crippen molar-refractivity contribution in [3.63, 3.8) is 0 Å². The first-order chi connectivity index (χ1) is 21.4. The number of hydrogen-bond acceptors (Lipinski definition) is 6. The van der Waals surface area contributed by atoms with Crippen molar-refractivity contribution in [1.29, 1.82) is 0 Å². The molecule has 2 aliphatic rings. The summed E-state index contributed by atoms with van der Waals surface area (Å²) in [5.41, 5.74) is 4.09. The fraction of sp³-hybridized carbons (Fsp3) is 0. The summed E-state index contributed by atoms with van der Waals surface area (Å²) >= 11 is 26.9. The van der Waals surface area contributed by atoms with Gasteiger partial charge in [0.1, 0.15) is 0 Å². The number of rotatable bonds is 0. The molecule has 4 aromatic carbocycles. The molecule has 2 aliphatic heterocycles. The molecule has 0 unspecified atom stereocenters. The van der Waals surface area contributed by atoms with Gasteiger partial charge in [-0.3, -0.25) is 0 Å². The van der Waals surface area contributed by atoms with Gasteiger partial charge in [0, 0.05) is 65.7 Å². The minimum atomic E-state index is 0. The average molecular weight is 714 g/mol. The number of fused-ring (bicyclic) bond motifs is 20. The topological polar surface area (TPSA) is 106 Å². The molecule has 3 aromatic heterocycles. The third-order valence-corrected chi connectivity index (χ3v) is 8.87. The van der Waals surface area contributed by atoms with Crippen molar-refractivity contribution in [2.45, 2.75) is 0 Å². The third kappa shape index (κ3) is 4.27. The maximum Gasteiger partial charge on any atom is 2.00 e. The van der Waals surface area contributed by atoms with Crippen molar-refractivity contribution in [3.05, 3.63) is 92.9 Å². The molecule has 45 heavy (non-hydrogen) atoms. The van der Waals surface area contributed by atoms with E-state index in [1.165, 1.54) is 0 Å². The Hall–Kier alpha value is -4.08. The van der Waals surface area contributed by atoms with Gasteiger partial charge in [0.2, 0.25) is 0 Å². The normalized spacial score (nSPS) is 11.8. The van der Waals surface area contributed by atoms with Crippen LogP contribution in [-0.4, -0.2) is 29.9 Å². The van der Waals surface area contributed by atoms with Gasteiger partial charge in [-0.1, -0.05) is 94.9 Å². The van der Waals surface area contributed by atoms with E-state index < -0.39 is 0 Å². The van der Waals surface area contributed by atoms with Crippen molar-refractivity contribution >= 4 is 90.5 Å². The van der Waals surface area contributed by atoms with E-state index in [4.69, 9.17) is 86.3 Å². The number of halogens is 4. The summed E-state index contributed by atoms with van der Waals surface area (Å²) in [5.74, 6) is 1.45. The molecule has 8 bridgehead atoms. The summed E-state index contributed by atoms with van der Waals surface area (Å²) in [7, 11) is 0. The van der Waals surface area contributed by atoms with Crippen LogP contribution in [0, 0.1) is 0 Å². The summed E-state index contributed by atoms with van der Waals surface area (Å²) in [5, 5.41) is 4.53. The van der Waals surface area contributed by atoms with Crippen LogP contribution in [0.25, 0.3) is 89.7 Å². The second-order valence-electron chi connectivity index (χ2n) is 10.1. The molecule has 13 heteroatoms. The first kappa shape index (κ1) is 28.4. The molecule has 5 heterocycles. The second-order valence-corrected chi connectivity index (χ2v) is 11.8. The van der Waals surface area contributed by atoms with Crippen LogP contribution in [0.4, 0.5) is 0 Å². The van der Waals surface area contributed by atoms with E-state index in [0.717, 1.165) is 0 Å². The van der Waals surface area contributed by atoms with Crippen LogP contribution in [0.15, 0.2) is 72.8 Å². The summed E-state index contributed by atoms with van der Waals surface area (Å²) in [6, 6.07) is 22.0. The molecule has 8 nitrogen and oxygen atoms in total. The molecule has 0 spiro atoms. The third-order valence-electron chi connectivity index (χ3n) is 7.61. The zero-order valence-electron chi connectivity index (χ0n) is 22.3. The molecule has 0 saturated heterocycles. The number of aromatic nitrogens is 8. The molecule has 7 aromatic rings. The molecule has 9 rings (SSSR count). The van der Waals surface area contributed by atoms with E-state index >= 15 is 0 Å². The summed E-state index contributed by atoms with van der Waals surface area (Å²) in [6.07, 6.45) is 0. The minimum absolute atomic E-state index is 0. The molecule has 1 radical (unpaired) electrons. The quantitative estimate of drug-likeness (QED) is 0.144. The maximum absolute atomic E-state index is 6.72. The van der Waals surface area contributed by atoms with Gasteiger partial charge in [-0.15, -0.1) is 0 Å². The Balaban J connectivity index is 0.00000300. The van der Waals surface area contributed by atoms with Crippen LogP contribution in [0.5, 0.6) is 0 Å². The van der Waals surface area contributed by atoms with E-state index in [1.54, 1.807) is 24.3 Å². The number of hydrogen-bond donors (Lipinski definition) is 0. The van der Waals surface area contributed by atoms with Gasteiger partial charge >= 0.3 is 17.1 Å². The molecule has 0 atom stereocenters. The monoisotopic (exact) mass is 711 g/mol. The van der Waals surface area contributed by atoms with Gasteiger partial charge in [0.05, 0.1) is 33.3 Å². The zero-order valence-corrected chi connectivity index (χ0v) is 26.3. The number of benzene rings is 4. The van der Waals surface area contributed by atoms with E-state index in [1.807, 2.05) is 48.5 Å². The molecule has 219 valence electrons. The Labute approximate surface area is 284 Å². The van der Waals surface area contributed by atoms with Crippen LogP contribution < -0.4 is 9.97 Å². The molecule has 0 N–H and O–H groups in total. The average Bonchev–Trinajstić information content (AvgIpc) is 3.74. The van der Waals surface area contributed by atoms with Gasteiger partial charge < -0.3 is 29.9 Å². The smallest absolute Gasteiger partial charge is 0.357 e. The van der Waals surface area contributed by atoms with Crippen LogP contribution in [-0.2, 0) is 17.1 Å². The largest absolute Gasteiger partial charge is 2.00 e. The molecule has 0 fully saturated rings. The maximum atomic E-state index is 6.72. The fourth-order valence-corrected chi connectivity index (χ4v) is 6.72. The molecular formula is C32H12Cl4CuN8. The Morgan fingerprint density at radius 1 is 0.400 bits per heavy atom. The first-order valence-corrected chi connectivity index (χ1v) is 14.8. The molecular weight excluding hydrogens is 702 g/mol. The second kappa shape index (κ2) is 10.5. The van der Waals surface area contributed by atoms with E-state index in [-0.39, 0.29) is 17.1 Å². The van der Waals surface area contributed by atoms with E-state index in [0.29, 0.717) is 110 Å². The van der Waals surface area contributed by atoms with Gasteiger partial charge in [-0.2, -0.15) is 0 Å². The van der Waals surface area contributed by atoms with E-state index in [9.17, 15) is 0 Å². The number of nitrogens with zero attached hydrogens (tertiary/aromatic N) is 8. The predicted molar refractivity (Wildman–Crippen MR) is 174 cm³/mol. The summed E-state index contributed by atoms with van der Waals surface area (Å²) < 4.78 is 0. The van der Waals surface area contributed by atoms with Crippen LogP contribution in [0.1, 0.15) is 0 Å². The fourth-order valence-electron chi connectivity index (χ4n) is 5.68. The van der Waals surface area contributed by atoms with Crippen molar-refractivity contribution in [1.82, 2.24) is 39.9 Å². The van der Waals surface area contributed by atoms with Gasteiger partial charge in [0.15, 0.2) is 0 Å². The van der Waals surface area contributed by atoms with E-state index in [2.05, 4.69) is 0 Å². The Kier molecular flexibility index (Phi) is 6.62. The van der Waals surface area contributed by atoms with Gasteiger partial charge in [0.25, 0.3) is 0 Å². The SMILES string of the molecule is Clc1cccc2c1-c1nc-2nc2[n-]c(nc3nc(nc4[n-]c(n1)c1cccc(Cl)c41)-c1cccc(Cl)c1-3)c1cccc(Cl)c21.[Cu+2]. The summed E-state index contributed by atoms with van der Waals surface area (Å²) in [6.45, 7) is 0. The van der Waals surface area contributed by atoms with Gasteiger partial charge in [-0.25, -0.2) is 9.97 Å². The zero-order chi connectivity index (χ0) is 29.7. The molecule has 0 saturated carbocycles. The standard InChI is InChI=1S/C32H12Cl4N8.Cu/c33-17-9-1-5-13-21(17)29-37-25(13)41-30-22-14(6-2-10-18(22)34)27(38-30)43-32-24-16(8-4-12-20(24)36)28(40-32)44-31-23-15(26(39-31)42-29)7-3-11-19(23)35;/h1-12H;/q-2;+2. The Bertz CT molecular complexity index is 2400. The van der Waals surface area contributed by atoms with Crippen LogP contribution in [0.3, 0.4) is 0 Å². The van der Waals surface area contributed by atoms with Crippen molar-refractivity contribution < 1.29 is 17.1 Å².